The van der Waals surface area contributed by atoms with Crippen LogP contribution in [0.3, 0.4) is 0 Å². The van der Waals surface area contributed by atoms with Gasteiger partial charge in [0.1, 0.15) is 5.82 Å². The van der Waals surface area contributed by atoms with Crippen molar-refractivity contribution in [2.24, 2.45) is 0 Å². The summed E-state index contributed by atoms with van der Waals surface area (Å²) < 4.78 is 2.22. The average molecular weight is 264 g/mol. The molecular formula is C14H18ClN3. The van der Waals surface area contributed by atoms with Crippen LogP contribution in [0.5, 0.6) is 0 Å². The third kappa shape index (κ3) is 2.57. The normalized spacial score (nSPS) is 10.9. The van der Waals surface area contributed by atoms with E-state index in [1.165, 1.54) is 5.69 Å². The number of aryl methyl sites for hydroxylation is 2. The monoisotopic (exact) mass is 263 g/mol. The third-order valence-electron chi connectivity index (χ3n) is 3.09. The Balaban J connectivity index is 2.37. The van der Waals surface area contributed by atoms with Gasteiger partial charge in [0.15, 0.2) is 0 Å². The van der Waals surface area contributed by atoms with Crippen molar-refractivity contribution in [2.45, 2.75) is 26.9 Å². The molecule has 4 heteroatoms. The fourth-order valence-corrected chi connectivity index (χ4v) is 2.35. The summed E-state index contributed by atoms with van der Waals surface area (Å²) in [6.45, 7) is 5.66. The van der Waals surface area contributed by atoms with Crippen LogP contribution in [0.2, 0.25) is 5.02 Å². The summed E-state index contributed by atoms with van der Waals surface area (Å²) in [5.74, 6) is 1.03. The van der Waals surface area contributed by atoms with E-state index in [9.17, 15) is 0 Å². The Morgan fingerprint density at radius 3 is 2.67 bits per heavy atom. The Labute approximate surface area is 113 Å². The first-order valence-corrected chi connectivity index (χ1v) is 6.42. The quantitative estimate of drug-likeness (QED) is 0.919. The summed E-state index contributed by atoms with van der Waals surface area (Å²) >= 11 is 6.21. The second kappa shape index (κ2) is 5.55. The summed E-state index contributed by atoms with van der Waals surface area (Å²) in [5.41, 5.74) is 3.42. The van der Waals surface area contributed by atoms with Gasteiger partial charge < -0.3 is 9.88 Å². The number of aromatic nitrogens is 2. The number of hydrogen-bond donors (Lipinski definition) is 1. The number of halogens is 1. The largest absolute Gasteiger partial charge is 0.326 e. The summed E-state index contributed by atoms with van der Waals surface area (Å²) in [7, 11) is 1.95. The molecule has 0 radical (unpaired) electrons. The van der Waals surface area contributed by atoms with Crippen LogP contribution in [0.4, 0.5) is 0 Å². The van der Waals surface area contributed by atoms with E-state index in [0.717, 1.165) is 35.2 Å². The lowest BCUT2D eigenvalue weighted by atomic mass is 10.2. The third-order valence-corrected chi connectivity index (χ3v) is 3.46. The van der Waals surface area contributed by atoms with Crippen LogP contribution in [-0.4, -0.2) is 16.6 Å². The summed E-state index contributed by atoms with van der Waals surface area (Å²) in [4.78, 5) is 4.54. The highest BCUT2D eigenvalue weighted by Gasteiger charge is 2.12. The van der Waals surface area contributed by atoms with Crippen LogP contribution in [0, 0.1) is 13.8 Å². The molecule has 0 saturated carbocycles. The van der Waals surface area contributed by atoms with Crippen LogP contribution in [0.15, 0.2) is 24.3 Å². The molecule has 1 aromatic carbocycles. The first-order valence-electron chi connectivity index (χ1n) is 6.04. The molecule has 0 saturated heterocycles. The van der Waals surface area contributed by atoms with Gasteiger partial charge in [-0.25, -0.2) is 4.98 Å². The van der Waals surface area contributed by atoms with Crippen molar-refractivity contribution in [3.63, 3.8) is 0 Å². The molecule has 3 nitrogen and oxygen atoms in total. The minimum atomic E-state index is 0.767. The maximum absolute atomic E-state index is 6.21. The van der Waals surface area contributed by atoms with Gasteiger partial charge in [-0.05, 0) is 32.5 Å². The number of imidazole rings is 1. The van der Waals surface area contributed by atoms with Crippen molar-refractivity contribution in [3.8, 4) is 0 Å². The first-order chi connectivity index (χ1) is 8.63. The smallest absolute Gasteiger partial charge is 0.106 e. The van der Waals surface area contributed by atoms with Crippen molar-refractivity contribution in [1.82, 2.24) is 14.9 Å². The second-order valence-electron chi connectivity index (χ2n) is 4.40. The molecule has 0 bridgehead atoms. The molecule has 2 rings (SSSR count). The number of benzene rings is 1. The molecule has 1 heterocycles. The molecule has 0 unspecified atom stereocenters. The Bertz CT molecular complexity index is 546. The maximum Gasteiger partial charge on any atom is 0.106 e. The molecule has 1 N–H and O–H groups in total. The van der Waals surface area contributed by atoms with Gasteiger partial charge in [-0.2, -0.15) is 0 Å². The highest BCUT2D eigenvalue weighted by molar-refractivity contribution is 6.31. The summed E-state index contributed by atoms with van der Waals surface area (Å²) in [5, 5.41) is 3.99. The zero-order valence-corrected chi connectivity index (χ0v) is 11.8. The lowest BCUT2D eigenvalue weighted by Gasteiger charge is -2.12. The lowest BCUT2D eigenvalue weighted by molar-refractivity contribution is 0.674. The van der Waals surface area contributed by atoms with E-state index in [2.05, 4.69) is 20.9 Å². The van der Waals surface area contributed by atoms with Crippen molar-refractivity contribution < 1.29 is 0 Å². The zero-order chi connectivity index (χ0) is 13.1. The van der Waals surface area contributed by atoms with Crippen molar-refractivity contribution in [3.05, 3.63) is 52.1 Å². The first kappa shape index (κ1) is 13.1. The molecule has 96 valence electrons. The van der Waals surface area contributed by atoms with Gasteiger partial charge in [-0.1, -0.05) is 29.8 Å². The van der Waals surface area contributed by atoms with Gasteiger partial charge in [0.2, 0.25) is 0 Å². The number of nitrogens with zero attached hydrogens (tertiary/aromatic N) is 2. The fourth-order valence-electron chi connectivity index (χ4n) is 2.16. The van der Waals surface area contributed by atoms with Crippen molar-refractivity contribution in [2.75, 3.05) is 7.05 Å². The Morgan fingerprint density at radius 2 is 2.00 bits per heavy atom. The van der Waals surface area contributed by atoms with E-state index in [4.69, 9.17) is 11.6 Å². The molecular weight excluding hydrogens is 246 g/mol. The van der Waals surface area contributed by atoms with Crippen LogP contribution in [0.25, 0.3) is 0 Å². The molecule has 2 aromatic rings. The van der Waals surface area contributed by atoms with E-state index in [0.29, 0.717) is 0 Å². The summed E-state index contributed by atoms with van der Waals surface area (Å²) in [6.07, 6.45) is 0. The van der Waals surface area contributed by atoms with E-state index < -0.39 is 0 Å². The minimum absolute atomic E-state index is 0.767. The van der Waals surface area contributed by atoms with Crippen LogP contribution in [0.1, 0.15) is 22.8 Å². The van der Waals surface area contributed by atoms with Gasteiger partial charge in [-0.15, -0.1) is 0 Å². The number of rotatable bonds is 4. The van der Waals surface area contributed by atoms with Gasteiger partial charge in [0.05, 0.1) is 17.9 Å². The van der Waals surface area contributed by atoms with Crippen molar-refractivity contribution >= 4 is 11.6 Å². The molecule has 0 atom stereocenters. The van der Waals surface area contributed by atoms with E-state index in [1.807, 2.05) is 39.1 Å². The highest BCUT2D eigenvalue weighted by atomic mass is 35.5. The summed E-state index contributed by atoms with van der Waals surface area (Å²) in [6, 6.07) is 7.94. The predicted octanol–water partition coefficient (Wildman–Crippen LogP) is 2.92. The maximum atomic E-state index is 6.21. The molecule has 0 aliphatic rings. The predicted molar refractivity (Wildman–Crippen MR) is 75.0 cm³/mol. The van der Waals surface area contributed by atoms with Crippen LogP contribution < -0.4 is 5.32 Å². The molecule has 0 spiro atoms. The van der Waals surface area contributed by atoms with Crippen molar-refractivity contribution in [1.29, 1.82) is 0 Å². The van der Waals surface area contributed by atoms with Gasteiger partial charge in [-0.3, -0.25) is 0 Å². The topological polar surface area (TPSA) is 29.9 Å². The van der Waals surface area contributed by atoms with E-state index >= 15 is 0 Å². The van der Waals surface area contributed by atoms with E-state index in [-0.39, 0.29) is 0 Å². The molecule has 0 amide bonds. The fraction of sp³-hybridized carbons (Fsp3) is 0.357. The zero-order valence-electron chi connectivity index (χ0n) is 11.0. The Morgan fingerprint density at radius 1 is 1.28 bits per heavy atom. The molecule has 18 heavy (non-hydrogen) atoms. The van der Waals surface area contributed by atoms with Crippen LogP contribution >= 0.6 is 11.6 Å². The minimum Gasteiger partial charge on any atom is -0.326 e. The standard InChI is InChI=1S/C14H18ClN3/c1-10-14(8-16-3)18(11(2)17-10)9-12-6-4-5-7-13(12)15/h4-7,16H,8-9H2,1-3H3. The molecule has 0 fully saturated rings. The second-order valence-corrected chi connectivity index (χ2v) is 4.81. The lowest BCUT2D eigenvalue weighted by Crippen LogP contribution is -2.14. The van der Waals surface area contributed by atoms with E-state index in [1.54, 1.807) is 0 Å². The number of hydrogen-bond acceptors (Lipinski definition) is 2. The molecule has 0 aliphatic heterocycles. The van der Waals surface area contributed by atoms with Gasteiger partial charge in [0, 0.05) is 11.6 Å². The van der Waals surface area contributed by atoms with Gasteiger partial charge >= 0.3 is 0 Å². The Kier molecular flexibility index (Phi) is 4.04. The SMILES string of the molecule is CNCc1c(C)nc(C)n1Cc1ccccc1Cl. The highest BCUT2D eigenvalue weighted by Crippen LogP contribution is 2.19. The van der Waals surface area contributed by atoms with Gasteiger partial charge in [0.25, 0.3) is 0 Å². The van der Waals surface area contributed by atoms with Crippen LogP contribution in [-0.2, 0) is 13.1 Å². The molecule has 0 aliphatic carbocycles. The number of nitrogens with one attached hydrogen (secondary N) is 1. The average Bonchev–Trinajstić information content (AvgIpc) is 2.59. The molecule has 1 aromatic heterocycles. The Hall–Kier alpha value is -1.32.